The van der Waals surface area contributed by atoms with Crippen molar-refractivity contribution in [3.8, 4) is 17.0 Å². The largest absolute Gasteiger partial charge is 0.487 e. The zero-order valence-electron chi connectivity index (χ0n) is 10.6. The van der Waals surface area contributed by atoms with E-state index in [-0.39, 0.29) is 0 Å². The first kappa shape index (κ1) is 13.2. The molecule has 0 amide bonds. The molecule has 4 heteroatoms. The molecule has 0 atom stereocenters. The summed E-state index contributed by atoms with van der Waals surface area (Å²) in [4.78, 5) is 4.27. The number of hydrogen-bond acceptors (Lipinski definition) is 3. The second-order valence-corrected chi connectivity index (χ2v) is 5.42. The van der Waals surface area contributed by atoms with Gasteiger partial charge in [-0.2, -0.15) is 0 Å². The molecule has 1 aromatic heterocycles. The normalized spacial score (nSPS) is 10.4. The minimum atomic E-state index is 0.511. The van der Waals surface area contributed by atoms with E-state index >= 15 is 0 Å². The summed E-state index contributed by atoms with van der Waals surface area (Å²) in [6.07, 6.45) is 0. The van der Waals surface area contributed by atoms with Gasteiger partial charge in [0, 0.05) is 10.9 Å². The number of benzene rings is 2. The number of rotatable bonds is 4. The van der Waals surface area contributed by atoms with Gasteiger partial charge >= 0.3 is 0 Å². The summed E-state index contributed by atoms with van der Waals surface area (Å²) in [6.45, 7) is 0.511. The number of ether oxygens (including phenoxy) is 1. The Bertz CT molecular complexity index is 683. The minimum Gasteiger partial charge on any atom is -0.487 e. The van der Waals surface area contributed by atoms with Crippen LogP contribution < -0.4 is 4.74 Å². The van der Waals surface area contributed by atoms with Gasteiger partial charge in [0.25, 0.3) is 0 Å². The van der Waals surface area contributed by atoms with Crippen molar-refractivity contribution < 1.29 is 4.74 Å². The standard InChI is InChI=1S/C16H12ClNOS/c17-14-8-13(15-10-20-11-18-15)6-7-16(14)19-9-12-4-2-1-3-5-12/h1-8,10-11H,9H2. The van der Waals surface area contributed by atoms with E-state index in [4.69, 9.17) is 16.3 Å². The molecule has 0 fully saturated rings. The Morgan fingerprint density at radius 2 is 1.95 bits per heavy atom. The number of halogens is 1. The highest BCUT2D eigenvalue weighted by molar-refractivity contribution is 7.07. The summed E-state index contributed by atoms with van der Waals surface area (Å²) in [5, 5.41) is 2.60. The monoisotopic (exact) mass is 301 g/mol. The lowest BCUT2D eigenvalue weighted by Crippen LogP contribution is -1.95. The highest BCUT2D eigenvalue weighted by atomic mass is 35.5. The Morgan fingerprint density at radius 1 is 1.10 bits per heavy atom. The summed E-state index contributed by atoms with van der Waals surface area (Å²) in [7, 11) is 0. The van der Waals surface area contributed by atoms with Crippen LogP contribution in [0.4, 0.5) is 0 Å². The summed E-state index contributed by atoms with van der Waals surface area (Å²) < 4.78 is 5.75. The van der Waals surface area contributed by atoms with E-state index in [0.29, 0.717) is 17.4 Å². The average Bonchev–Trinajstić information content (AvgIpc) is 3.01. The van der Waals surface area contributed by atoms with Gasteiger partial charge in [-0.3, -0.25) is 0 Å². The molecule has 0 aliphatic carbocycles. The van der Waals surface area contributed by atoms with Gasteiger partial charge in [0.15, 0.2) is 0 Å². The number of aromatic nitrogens is 1. The van der Waals surface area contributed by atoms with Crippen molar-refractivity contribution in [2.75, 3.05) is 0 Å². The van der Waals surface area contributed by atoms with Crippen molar-refractivity contribution in [3.63, 3.8) is 0 Å². The first-order valence-corrected chi connectivity index (χ1v) is 7.50. The van der Waals surface area contributed by atoms with E-state index in [9.17, 15) is 0 Å². The van der Waals surface area contributed by atoms with Crippen molar-refractivity contribution in [2.24, 2.45) is 0 Å². The fourth-order valence-corrected chi connectivity index (χ4v) is 2.66. The van der Waals surface area contributed by atoms with Crippen LogP contribution in [0, 0.1) is 0 Å². The van der Waals surface area contributed by atoms with E-state index < -0.39 is 0 Å². The zero-order chi connectivity index (χ0) is 13.8. The minimum absolute atomic E-state index is 0.511. The SMILES string of the molecule is Clc1cc(-c2cscn2)ccc1OCc1ccccc1. The van der Waals surface area contributed by atoms with E-state index in [1.807, 2.05) is 59.4 Å². The van der Waals surface area contributed by atoms with Crippen LogP contribution in [0.3, 0.4) is 0 Å². The van der Waals surface area contributed by atoms with Gasteiger partial charge in [0.1, 0.15) is 12.4 Å². The molecule has 3 aromatic rings. The molecule has 1 heterocycles. The van der Waals surface area contributed by atoms with Gasteiger partial charge < -0.3 is 4.74 Å². The maximum Gasteiger partial charge on any atom is 0.138 e. The molecule has 0 saturated heterocycles. The third-order valence-electron chi connectivity index (χ3n) is 2.90. The van der Waals surface area contributed by atoms with Crippen molar-refractivity contribution in [1.29, 1.82) is 0 Å². The molecule has 3 rings (SSSR count). The van der Waals surface area contributed by atoms with E-state index in [1.54, 1.807) is 11.3 Å². The number of thiazole rings is 1. The van der Waals surface area contributed by atoms with Crippen LogP contribution in [-0.4, -0.2) is 4.98 Å². The Morgan fingerprint density at radius 3 is 2.65 bits per heavy atom. The molecule has 100 valence electrons. The van der Waals surface area contributed by atoms with Crippen LogP contribution in [0.5, 0.6) is 5.75 Å². The predicted octanol–water partition coefficient (Wildman–Crippen LogP) is 5.04. The summed E-state index contributed by atoms with van der Waals surface area (Å²) in [6, 6.07) is 15.8. The smallest absolute Gasteiger partial charge is 0.138 e. The van der Waals surface area contributed by atoms with E-state index in [1.165, 1.54) is 0 Å². The summed E-state index contributed by atoms with van der Waals surface area (Å²) in [5.41, 5.74) is 4.87. The Hall–Kier alpha value is -1.84. The van der Waals surface area contributed by atoms with Crippen LogP contribution in [0.2, 0.25) is 5.02 Å². The van der Waals surface area contributed by atoms with Gasteiger partial charge in [-0.05, 0) is 23.8 Å². The molecular weight excluding hydrogens is 290 g/mol. The van der Waals surface area contributed by atoms with Crippen LogP contribution in [0.25, 0.3) is 11.3 Å². The second-order valence-electron chi connectivity index (χ2n) is 4.29. The fraction of sp³-hybridized carbons (Fsp3) is 0.0625. The van der Waals surface area contributed by atoms with Crippen molar-refractivity contribution >= 4 is 22.9 Å². The van der Waals surface area contributed by atoms with Crippen molar-refractivity contribution in [2.45, 2.75) is 6.61 Å². The molecule has 0 saturated carbocycles. The molecule has 0 N–H and O–H groups in total. The topological polar surface area (TPSA) is 22.1 Å². The van der Waals surface area contributed by atoms with Crippen molar-refractivity contribution in [1.82, 2.24) is 4.98 Å². The Kier molecular flexibility index (Phi) is 4.00. The van der Waals surface area contributed by atoms with Crippen LogP contribution in [0.15, 0.2) is 59.4 Å². The highest BCUT2D eigenvalue weighted by Gasteiger charge is 2.06. The number of hydrogen-bond donors (Lipinski definition) is 0. The van der Waals surface area contributed by atoms with E-state index in [2.05, 4.69) is 4.98 Å². The maximum atomic E-state index is 6.26. The third-order valence-corrected chi connectivity index (χ3v) is 3.78. The van der Waals surface area contributed by atoms with Crippen LogP contribution >= 0.6 is 22.9 Å². The Labute approximate surface area is 126 Å². The zero-order valence-corrected chi connectivity index (χ0v) is 12.2. The van der Waals surface area contributed by atoms with Gasteiger partial charge in [-0.1, -0.05) is 41.9 Å². The molecule has 0 aliphatic rings. The molecule has 0 unspecified atom stereocenters. The molecular formula is C16H12ClNOS. The molecule has 2 nitrogen and oxygen atoms in total. The lowest BCUT2D eigenvalue weighted by atomic mass is 10.1. The van der Waals surface area contributed by atoms with Gasteiger partial charge in [-0.25, -0.2) is 4.98 Å². The summed E-state index contributed by atoms with van der Waals surface area (Å²) in [5.74, 6) is 0.689. The fourth-order valence-electron chi connectivity index (χ4n) is 1.87. The van der Waals surface area contributed by atoms with Gasteiger partial charge in [0.05, 0.1) is 16.2 Å². The lowest BCUT2D eigenvalue weighted by molar-refractivity contribution is 0.306. The lowest BCUT2D eigenvalue weighted by Gasteiger charge is -2.09. The number of nitrogens with zero attached hydrogens (tertiary/aromatic N) is 1. The van der Waals surface area contributed by atoms with E-state index in [0.717, 1.165) is 16.8 Å². The molecule has 20 heavy (non-hydrogen) atoms. The van der Waals surface area contributed by atoms with Crippen molar-refractivity contribution in [3.05, 3.63) is 70.0 Å². The molecule has 2 aromatic carbocycles. The van der Waals surface area contributed by atoms with Gasteiger partial charge in [-0.15, -0.1) is 11.3 Å². The molecule has 0 aliphatic heterocycles. The molecule has 0 spiro atoms. The highest BCUT2D eigenvalue weighted by Crippen LogP contribution is 2.30. The average molecular weight is 302 g/mol. The first-order valence-electron chi connectivity index (χ1n) is 6.18. The van der Waals surface area contributed by atoms with Gasteiger partial charge in [0.2, 0.25) is 0 Å². The quantitative estimate of drug-likeness (QED) is 0.673. The third kappa shape index (κ3) is 3.00. The summed E-state index contributed by atoms with van der Waals surface area (Å²) >= 11 is 7.83. The molecule has 0 radical (unpaired) electrons. The van der Waals surface area contributed by atoms with Crippen LogP contribution in [-0.2, 0) is 6.61 Å². The molecule has 0 bridgehead atoms. The second kappa shape index (κ2) is 6.07. The predicted molar refractivity (Wildman–Crippen MR) is 83.3 cm³/mol. The maximum absolute atomic E-state index is 6.26. The van der Waals surface area contributed by atoms with Crippen LogP contribution in [0.1, 0.15) is 5.56 Å². The Balaban J connectivity index is 1.75. The first-order chi connectivity index (χ1) is 9.83.